The maximum atomic E-state index is 5.31. The van der Waals surface area contributed by atoms with E-state index in [9.17, 15) is 0 Å². The van der Waals surface area contributed by atoms with Gasteiger partial charge in [0.1, 0.15) is 6.10 Å². The second kappa shape index (κ2) is 3.79. The molecule has 0 aromatic carbocycles. The molecule has 0 radical (unpaired) electrons. The molecule has 4 heteroatoms. The van der Waals surface area contributed by atoms with Crippen LogP contribution in [0.4, 0.5) is 0 Å². The summed E-state index contributed by atoms with van der Waals surface area (Å²) in [4.78, 5) is 9.30. The SMILES string of the molecule is COC(C)c1nc2c(c(C3CC3)n1)CNC2. The Morgan fingerprint density at radius 3 is 2.81 bits per heavy atom. The summed E-state index contributed by atoms with van der Waals surface area (Å²) in [7, 11) is 1.70. The molecule has 2 heterocycles. The van der Waals surface area contributed by atoms with E-state index < -0.39 is 0 Å². The summed E-state index contributed by atoms with van der Waals surface area (Å²) in [6, 6.07) is 0. The number of fused-ring (bicyclic) bond motifs is 1. The second-order valence-electron chi connectivity index (χ2n) is 4.65. The van der Waals surface area contributed by atoms with Crippen molar-refractivity contribution in [3.63, 3.8) is 0 Å². The molecule has 1 fully saturated rings. The molecule has 1 aromatic heterocycles. The molecule has 3 rings (SSSR count). The number of nitrogens with one attached hydrogen (secondary N) is 1. The van der Waals surface area contributed by atoms with Crippen LogP contribution >= 0.6 is 0 Å². The van der Waals surface area contributed by atoms with Crippen molar-refractivity contribution >= 4 is 0 Å². The van der Waals surface area contributed by atoms with Crippen molar-refractivity contribution in [2.24, 2.45) is 0 Å². The highest BCUT2D eigenvalue weighted by Gasteiger charge is 2.31. The van der Waals surface area contributed by atoms with E-state index in [0.717, 1.165) is 18.9 Å². The molecular formula is C12H17N3O. The smallest absolute Gasteiger partial charge is 0.157 e. The number of nitrogens with zero attached hydrogens (tertiary/aromatic N) is 2. The summed E-state index contributed by atoms with van der Waals surface area (Å²) < 4.78 is 5.31. The van der Waals surface area contributed by atoms with E-state index in [2.05, 4.69) is 10.3 Å². The van der Waals surface area contributed by atoms with Crippen molar-refractivity contribution in [3.8, 4) is 0 Å². The Morgan fingerprint density at radius 2 is 2.12 bits per heavy atom. The molecule has 0 amide bonds. The fourth-order valence-electron chi connectivity index (χ4n) is 2.20. The van der Waals surface area contributed by atoms with Crippen LogP contribution in [0.15, 0.2) is 0 Å². The molecule has 1 aliphatic heterocycles. The first-order valence-corrected chi connectivity index (χ1v) is 5.92. The molecule has 1 aromatic rings. The van der Waals surface area contributed by atoms with Gasteiger partial charge in [-0.15, -0.1) is 0 Å². The molecule has 16 heavy (non-hydrogen) atoms. The van der Waals surface area contributed by atoms with Crippen molar-refractivity contribution in [1.29, 1.82) is 0 Å². The minimum atomic E-state index is -0.0107. The predicted octanol–water partition coefficient (Wildman–Crippen LogP) is 1.66. The van der Waals surface area contributed by atoms with E-state index in [1.54, 1.807) is 7.11 Å². The molecule has 0 bridgehead atoms. The third-order valence-electron chi connectivity index (χ3n) is 3.42. The van der Waals surface area contributed by atoms with Gasteiger partial charge in [0.15, 0.2) is 5.82 Å². The Balaban J connectivity index is 2.05. The second-order valence-corrected chi connectivity index (χ2v) is 4.65. The van der Waals surface area contributed by atoms with Crippen molar-refractivity contribution in [2.75, 3.05) is 7.11 Å². The van der Waals surface area contributed by atoms with Gasteiger partial charge in [-0.1, -0.05) is 0 Å². The fourth-order valence-corrected chi connectivity index (χ4v) is 2.20. The van der Waals surface area contributed by atoms with Gasteiger partial charge in [0.25, 0.3) is 0 Å². The Bertz CT molecular complexity index is 415. The van der Waals surface area contributed by atoms with E-state index in [1.165, 1.54) is 29.8 Å². The van der Waals surface area contributed by atoms with Crippen LogP contribution in [-0.2, 0) is 17.8 Å². The van der Waals surface area contributed by atoms with Crippen molar-refractivity contribution < 1.29 is 4.74 Å². The van der Waals surface area contributed by atoms with E-state index in [4.69, 9.17) is 9.72 Å². The van der Waals surface area contributed by atoms with Crippen molar-refractivity contribution in [3.05, 3.63) is 22.8 Å². The Hall–Kier alpha value is -1.00. The highest BCUT2D eigenvalue weighted by Crippen LogP contribution is 2.42. The van der Waals surface area contributed by atoms with Gasteiger partial charge in [-0.3, -0.25) is 0 Å². The van der Waals surface area contributed by atoms with Crippen LogP contribution in [0.2, 0.25) is 0 Å². The molecule has 1 atom stereocenters. The van der Waals surface area contributed by atoms with Crippen LogP contribution in [-0.4, -0.2) is 17.1 Å². The maximum Gasteiger partial charge on any atom is 0.157 e. The first-order chi connectivity index (χ1) is 7.79. The van der Waals surface area contributed by atoms with E-state index in [1.807, 2.05) is 6.92 Å². The highest BCUT2D eigenvalue weighted by atomic mass is 16.5. The van der Waals surface area contributed by atoms with Crippen molar-refractivity contribution in [2.45, 2.75) is 44.9 Å². The first-order valence-electron chi connectivity index (χ1n) is 5.92. The summed E-state index contributed by atoms with van der Waals surface area (Å²) in [5.74, 6) is 1.52. The van der Waals surface area contributed by atoms with Gasteiger partial charge in [-0.05, 0) is 19.8 Å². The normalized spacial score (nSPS) is 20.9. The predicted molar refractivity (Wildman–Crippen MR) is 60.0 cm³/mol. The lowest BCUT2D eigenvalue weighted by atomic mass is 10.1. The standard InChI is InChI=1S/C12H17N3O/c1-7(16-2)12-14-10-6-13-5-9(10)11(15-12)8-3-4-8/h7-8,13H,3-6H2,1-2H3. The number of aromatic nitrogens is 2. The molecule has 1 N–H and O–H groups in total. The van der Waals surface area contributed by atoms with Gasteiger partial charge in [0.05, 0.1) is 11.4 Å². The molecular weight excluding hydrogens is 202 g/mol. The average molecular weight is 219 g/mol. The van der Waals surface area contributed by atoms with Gasteiger partial charge in [-0.2, -0.15) is 0 Å². The number of hydrogen-bond acceptors (Lipinski definition) is 4. The molecule has 4 nitrogen and oxygen atoms in total. The van der Waals surface area contributed by atoms with E-state index >= 15 is 0 Å². The summed E-state index contributed by atoms with van der Waals surface area (Å²) in [5, 5.41) is 3.35. The minimum absolute atomic E-state index is 0.0107. The van der Waals surface area contributed by atoms with Gasteiger partial charge >= 0.3 is 0 Å². The first kappa shape index (κ1) is 10.2. The largest absolute Gasteiger partial charge is 0.374 e. The molecule has 0 saturated heterocycles. The monoisotopic (exact) mass is 219 g/mol. The quantitative estimate of drug-likeness (QED) is 0.840. The van der Waals surface area contributed by atoms with Crippen LogP contribution in [0.25, 0.3) is 0 Å². The molecule has 1 saturated carbocycles. The zero-order valence-corrected chi connectivity index (χ0v) is 9.79. The lowest BCUT2D eigenvalue weighted by Gasteiger charge is -2.12. The molecule has 0 spiro atoms. The summed E-state index contributed by atoms with van der Waals surface area (Å²) in [5.41, 5.74) is 3.79. The number of rotatable bonds is 3. The van der Waals surface area contributed by atoms with Crippen LogP contribution in [0, 0.1) is 0 Å². The van der Waals surface area contributed by atoms with Gasteiger partial charge in [-0.25, -0.2) is 9.97 Å². The average Bonchev–Trinajstić information content (AvgIpc) is 3.04. The van der Waals surface area contributed by atoms with Crippen LogP contribution in [0.1, 0.15) is 54.6 Å². The van der Waals surface area contributed by atoms with Crippen LogP contribution in [0.5, 0.6) is 0 Å². The maximum absolute atomic E-state index is 5.31. The summed E-state index contributed by atoms with van der Waals surface area (Å²) in [6.07, 6.45) is 2.55. The highest BCUT2D eigenvalue weighted by molar-refractivity contribution is 5.34. The molecule has 1 aliphatic carbocycles. The Labute approximate surface area is 95.4 Å². The van der Waals surface area contributed by atoms with E-state index in [0.29, 0.717) is 5.92 Å². The van der Waals surface area contributed by atoms with E-state index in [-0.39, 0.29) is 6.10 Å². The minimum Gasteiger partial charge on any atom is -0.374 e. The van der Waals surface area contributed by atoms with Crippen LogP contribution in [0.3, 0.4) is 0 Å². The topological polar surface area (TPSA) is 47.0 Å². The molecule has 1 unspecified atom stereocenters. The number of methoxy groups -OCH3 is 1. The molecule has 86 valence electrons. The zero-order chi connectivity index (χ0) is 11.1. The fraction of sp³-hybridized carbons (Fsp3) is 0.667. The zero-order valence-electron chi connectivity index (χ0n) is 9.79. The van der Waals surface area contributed by atoms with Crippen molar-refractivity contribution in [1.82, 2.24) is 15.3 Å². The van der Waals surface area contributed by atoms with Gasteiger partial charge < -0.3 is 10.1 Å². The summed E-state index contributed by atoms with van der Waals surface area (Å²) >= 11 is 0. The van der Waals surface area contributed by atoms with Crippen LogP contribution < -0.4 is 5.32 Å². The van der Waals surface area contributed by atoms with Gasteiger partial charge in [0.2, 0.25) is 0 Å². The third-order valence-corrected chi connectivity index (χ3v) is 3.42. The lowest BCUT2D eigenvalue weighted by Crippen LogP contribution is -2.09. The van der Waals surface area contributed by atoms with Gasteiger partial charge in [0, 0.05) is 31.7 Å². The third kappa shape index (κ3) is 1.62. The lowest BCUT2D eigenvalue weighted by molar-refractivity contribution is 0.111. The Morgan fingerprint density at radius 1 is 1.31 bits per heavy atom. The number of ether oxygens (including phenoxy) is 1. The molecule has 2 aliphatic rings. The summed E-state index contributed by atoms with van der Waals surface area (Å²) in [6.45, 7) is 3.81. The Kier molecular flexibility index (Phi) is 2.41. The number of hydrogen-bond donors (Lipinski definition) is 1.